The lowest BCUT2D eigenvalue weighted by molar-refractivity contribution is 0.132. The molecule has 24 heavy (non-hydrogen) atoms. The Balaban J connectivity index is 3.06. The summed E-state index contributed by atoms with van der Waals surface area (Å²) in [6.07, 6.45) is 21.2. The Hall–Kier alpha value is -0.770. The number of unbranched alkanes of at least 4 members (excludes halogenated alkanes) is 15. The molecule has 0 radical (unpaired) electrons. The van der Waals surface area contributed by atoms with Gasteiger partial charge in [0.15, 0.2) is 0 Å². The molecule has 2 amide bonds. The standard InChI is InChI=1S/C20H42N2O2/c1-2-3-4-5-6-7-8-9-10-11-12-13-14-15-16-17-18-19(23)22-20(21)24/h19,23H,2-18H2,1H3,(H3,21,22,24). The van der Waals surface area contributed by atoms with Crippen LogP contribution in [0.2, 0.25) is 0 Å². The Bertz CT molecular complexity index is 272. The van der Waals surface area contributed by atoms with Gasteiger partial charge < -0.3 is 16.2 Å². The molecular weight excluding hydrogens is 300 g/mol. The first-order valence-electron chi connectivity index (χ1n) is 10.4. The number of primary amides is 1. The van der Waals surface area contributed by atoms with Gasteiger partial charge in [-0.1, -0.05) is 103 Å². The van der Waals surface area contributed by atoms with Gasteiger partial charge in [0.1, 0.15) is 6.23 Å². The van der Waals surface area contributed by atoms with E-state index in [0.29, 0.717) is 6.42 Å². The van der Waals surface area contributed by atoms with Crippen molar-refractivity contribution in [3.05, 3.63) is 0 Å². The summed E-state index contributed by atoms with van der Waals surface area (Å²) in [6.45, 7) is 2.27. The second-order valence-electron chi connectivity index (χ2n) is 7.12. The van der Waals surface area contributed by atoms with Gasteiger partial charge >= 0.3 is 6.03 Å². The van der Waals surface area contributed by atoms with Crippen molar-refractivity contribution in [2.24, 2.45) is 5.73 Å². The van der Waals surface area contributed by atoms with Crippen molar-refractivity contribution in [2.75, 3.05) is 0 Å². The summed E-state index contributed by atoms with van der Waals surface area (Å²) in [6, 6.07) is -0.654. The third-order valence-electron chi connectivity index (χ3n) is 4.64. The molecule has 0 aliphatic carbocycles. The molecular formula is C20H42N2O2. The molecule has 0 spiro atoms. The molecule has 144 valence electrons. The Morgan fingerprint density at radius 3 is 1.42 bits per heavy atom. The van der Waals surface area contributed by atoms with Crippen LogP contribution in [0.4, 0.5) is 4.79 Å². The van der Waals surface area contributed by atoms with Crippen LogP contribution in [0.1, 0.15) is 116 Å². The molecule has 0 heterocycles. The summed E-state index contributed by atoms with van der Waals surface area (Å²) in [4.78, 5) is 10.5. The van der Waals surface area contributed by atoms with Gasteiger partial charge in [-0.25, -0.2) is 4.79 Å². The zero-order valence-corrected chi connectivity index (χ0v) is 16.0. The summed E-state index contributed by atoms with van der Waals surface area (Å²) in [5.74, 6) is 0. The van der Waals surface area contributed by atoms with Gasteiger partial charge in [0.25, 0.3) is 0 Å². The highest BCUT2D eigenvalue weighted by atomic mass is 16.3. The summed E-state index contributed by atoms with van der Waals surface area (Å²) in [5, 5.41) is 11.7. The zero-order chi connectivity index (χ0) is 17.9. The Morgan fingerprint density at radius 1 is 0.750 bits per heavy atom. The largest absolute Gasteiger partial charge is 0.374 e. The van der Waals surface area contributed by atoms with Gasteiger partial charge in [0.2, 0.25) is 0 Å². The summed E-state index contributed by atoms with van der Waals surface area (Å²) in [5.41, 5.74) is 4.94. The number of nitrogens with one attached hydrogen (secondary N) is 1. The Labute approximate surface area is 150 Å². The van der Waals surface area contributed by atoms with Crippen LogP contribution in [-0.2, 0) is 0 Å². The fraction of sp³-hybridized carbons (Fsp3) is 0.950. The van der Waals surface area contributed by atoms with E-state index in [-0.39, 0.29) is 0 Å². The van der Waals surface area contributed by atoms with Crippen LogP contribution >= 0.6 is 0 Å². The van der Waals surface area contributed by atoms with Crippen molar-refractivity contribution in [2.45, 2.75) is 122 Å². The molecule has 1 atom stereocenters. The van der Waals surface area contributed by atoms with E-state index in [1.165, 1.54) is 89.9 Å². The Morgan fingerprint density at radius 2 is 1.08 bits per heavy atom. The minimum Gasteiger partial charge on any atom is -0.374 e. The van der Waals surface area contributed by atoms with Gasteiger partial charge in [-0.3, -0.25) is 0 Å². The van der Waals surface area contributed by atoms with Gasteiger partial charge in [0.05, 0.1) is 0 Å². The van der Waals surface area contributed by atoms with Crippen molar-refractivity contribution in [1.29, 1.82) is 0 Å². The van der Waals surface area contributed by atoms with Gasteiger partial charge in [-0.05, 0) is 12.8 Å². The quantitative estimate of drug-likeness (QED) is 0.223. The number of aliphatic hydroxyl groups is 1. The highest BCUT2D eigenvalue weighted by Gasteiger charge is 2.04. The Kier molecular flexibility index (Phi) is 18.0. The van der Waals surface area contributed by atoms with Crippen LogP contribution in [0.15, 0.2) is 0 Å². The van der Waals surface area contributed by atoms with Crippen LogP contribution in [0.5, 0.6) is 0 Å². The molecule has 0 fully saturated rings. The number of hydrogen-bond acceptors (Lipinski definition) is 2. The number of aliphatic hydroxyl groups excluding tert-OH is 1. The molecule has 0 aromatic rings. The molecule has 0 aromatic heterocycles. The second-order valence-corrected chi connectivity index (χ2v) is 7.12. The second kappa shape index (κ2) is 18.6. The number of amides is 2. The topological polar surface area (TPSA) is 75.3 Å². The average molecular weight is 343 g/mol. The molecule has 0 aliphatic heterocycles. The molecule has 0 aliphatic rings. The predicted octanol–water partition coefficient (Wildman–Crippen LogP) is 5.62. The molecule has 4 nitrogen and oxygen atoms in total. The van der Waals surface area contributed by atoms with Crippen molar-refractivity contribution < 1.29 is 9.90 Å². The smallest absolute Gasteiger partial charge is 0.314 e. The maximum atomic E-state index is 10.5. The van der Waals surface area contributed by atoms with Gasteiger partial charge in [-0.15, -0.1) is 0 Å². The summed E-state index contributed by atoms with van der Waals surface area (Å²) < 4.78 is 0. The van der Waals surface area contributed by atoms with E-state index in [4.69, 9.17) is 5.73 Å². The maximum absolute atomic E-state index is 10.5. The first-order valence-corrected chi connectivity index (χ1v) is 10.4. The zero-order valence-electron chi connectivity index (χ0n) is 16.0. The van der Waals surface area contributed by atoms with Crippen molar-refractivity contribution in [1.82, 2.24) is 5.32 Å². The number of carbonyl (C=O) groups excluding carboxylic acids is 1. The molecule has 4 heteroatoms. The lowest BCUT2D eigenvalue weighted by atomic mass is 10.0. The SMILES string of the molecule is CCCCCCCCCCCCCCCCCCC(O)NC(N)=O. The van der Waals surface area contributed by atoms with E-state index >= 15 is 0 Å². The molecule has 0 saturated carbocycles. The molecule has 0 bridgehead atoms. The number of rotatable bonds is 18. The van der Waals surface area contributed by atoms with Crippen LogP contribution in [0, 0.1) is 0 Å². The summed E-state index contributed by atoms with van der Waals surface area (Å²) >= 11 is 0. The molecule has 0 saturated heterocycles. The van der Waals surface area contributed by atoms with Crippen LogP contribution < -0.4 is 11.1 Å². The van der Waals surface area contributed by atoms with Crippen molar-refractivity contribution in [3.63, 3.8) is 0 Å². The fourth-order valence-electron chi connectivity index (χ4n) is 3.12. The molecule has 1 unspecified atom stereocenters. The van der Waals surface area contributed by atoms with Crippen LogP contribution in [0.25, 0.3) is 0 Å². The maximum Gasteiger partial charge on any atom is 0.314 e. The molecule has 0 rings (SSSR count). The van der Waals surface area contributed by atoms with E-state index in [1.54, 1.807) is 0 Å². The van der Waals surface area contributed by atoms with E-state index in [9.17, 15) is 9.90 Å². The van der Waals surface area contributed by atoms with Gasteiger partial charge in [0, 0.05) is 0 Å². The highest BCUT2D eigenvalue weighted by Crippen LogP contribution is 2.14. The normalized spacial score (nSPS) is 12.2. The van der Waals surface area contributed by atoms with Crippen molar-refractivity contribution in [3.8, 4) is 0 Å². The first kappa shape index (κ1) is 23.2. The number of urea groups is 1. The third-order valence-corrected chi connectivity index (χ3v) is 4.64. The van der Waals surface area contributed by atoms with Crippen LogP contribution in [0.3, 0.4) is 0 Å². The van der Waals surface area contributed by atoms with Gasteiger partial charge in [-0.2, -0.15) is 0 Å². The lowest BCUT2D eigenvalue weighted by Gasteiger charge is -2.10. The number of carbonyl (C=O) groups is 1. The number of nitrogens with two attached hydrogens (primary N) is 1. The minimum absolute atomic E-state index is 0.599. The molecule has 4 N–H and O–H groups in total. The molecule has 0 aromatic carbocycles. The predicted molar refractivity (Wildman–Crippen MR) is 103 cm³/mol. The first-order chi connectivity index (χ1) is 11.7. The monoisotopic (exact) mass is 342 g/mol. The third kappa shape index (κ3) is 19.3. The lowest BCUT2D eigenvalue weighted by Crippen LogP contribution is -2.38. The van der Waals surface area contributed by atoms with E-state index in [0.717, 1.165) is 12.8 Å². The minimum atomic E-state index is -0.783. The van der Waals surface area contributed by atoms with E-state index in [1.807, 2.05) is 0 Å². The highest BCUT2D eigenvalue weighted by molar-refractivity contribution is 5.71. The average Bonchev–Trinajstić information content (AvgIpc) is 2.53. The van der Waals surface area contributed by atoms with Crippen LogP contribution in [-0.4, -0.2) is 17.4 Å². The number of hydrogen-bond donors (Lipinski definition) is 3. The van der Waals surface area contributed by atoms with E-state index in [2.05, 4.69) is 12.2 Å². The fourth-order valence-corrected chi connectivity index (χ4v) is 3.12. The summed E-state index contributed by atoms with van der Waals surface area (Å²) in [7, 11) is 0. The van der Waals surface area contributed by atoms with Crippen molar-refractivity contribution >= 4 is 6.03 Å². The van der Waals surface area contributed by atoms with E-state index < -0.39 is 12.3 Å².